The van der Waals surface area contributed by atoms with Crippen molar-refractivity contribution in [3.63, 3.8) is 0 Å². The SMILES string of the molecule is N#Cc1cc(F)cc(N(CC2CCCN2)C2CC2)c1. The van der Waals surface area contributed by atoms with Crippen LogP contribution in [0.4, 0.5) is 10.1 Å². The van der Waals surface area contributed by atoms with E-state index in [1.807, 2.05) is 6.07 Å². The Morgan fingerprint density at radius 3 is 2.79 bits per heavy atom. The maximum Gasteiger partial charge on any atom is 0.126 e. The zero-order chi connectivity index (χ0) is 13.2. The van der Waals surface area contributed by atoms with E-state index in [0.717, 1.165) is 18.8 Å². The fraction of sp³-hybridized carbons (Fsp3) is 0.533. The molecule has 1 aliphatic heterocycles. The lowest BCUT2D eigenvalue weighted by atomic mass is 10.1. The molecule has 100 valence electrons. The number of rotatable bonds is 4. The minimum Gasteiger partial charge on any atom is -0.367 e. The highest BCUT2D eigenvalue weighted by Crippen LogP contribution is 2.33. The molecule has 0 aromatic heterocycles. The van der Waals surface area contributed by atoms with Gasteiger partial charge in [-0.05, 0) is 50.4 Å². The number of hydrogen-bond donors (Lipinski definition) is 1. The van der Waals surface area contributed by atoms with Crippen LogP contribution in [0.15, 0.2) is 18.2 Å². The lowest BCUT2D eigenvalue weighted by molar-refractivity contribution is 0.576. The summed E-state index contributed by atoms with van der Waals surface area (Å²) >= 11 is 0. The summed E-state index contributed by atoms with van der Waals surface area (Å²) in [6.07, 6.45) is 4.75. The number of anilines is 1. The molecule has 2 fully saturated rings. The van der Waals surface area contributed by atoms with Crippen molar-refractivity contribution in [1.82, 2.24) is 5.32 Å². The van der Waals surface area contributed by atoms with Gasteiger partial charge in [0.05, 0.1) is 11.6 Å². The second-order valence-electron chi connectivity index (χ2n) is 5.49. The van der Waals surface area contributed by atoms with Crippen molar-refractivity contribution in [3.05, 3.63) is 29.6 Å². The Morgan fingerprint density at radius 2 is 2.16 bits per heavy atom. The molecule has 19 heavy (non-hydrogen) atoms. The Hall–Kier alpha value is -1.60. The van der Waals surface area contributed by atoms with E-state index >= 15 is 0 Å². The highest BCUT2D eigenvalue weighted by Gasteiger charge is 2.31. The Labute approximate surface area is 113 Å². The van der Waals surface area contributed by atoms with Gasteiger partial charge >= 0.3 is 0 Å². The Balaban J connectivity index is 1.82. The fourth-order valence-corrected chi connectivity index (χ4v) is 2.81. The summed E-state index contributed by atoms with van der Waals surface area (Å²) in [4.78, 5) is 2.27. The van der Waals surface area contributed by atoms with Crippen LogP contribution in [0, 0.1) is 17.1 Å². The van der Waals surface area contributed by atoms with Crippen LogP contribution in [0.3, 0.4) is 0 Å². The Kier molecular flexibility index (Phi) is 3.39. The van der Waals surface area contributed by atoms with Crippen molar-refractivity contribution in [2.45, 2.75) is 37.8 Å². The summed E-state index contributed by atoms with van der Waals surface area (Å²) in [6, 6.07) is 7.70. The summed E-state index contributed by atoms with van der Waals surface area (Å²) in [6.45, 7) is 1.99. The number of nitrogens with one attached hydrogen (secondary N) is 1. The zero-order valence-corrected chi connectivity index (χ0v) is 10.9. The standard InChI is InChI=1S/C15H18FN3/c16-12-6-11(9-17)7-15(8-12)19(14-3-4-14)10-13-2-1-5-18-13/h6-8,13-14,18H,1-5,10H2. The molecule has 4 heteroatoms. The smallest absolute Gasteiger partial charge is 0.126 e. The fourth-order valence-electron chi connectivity index (χ4n) is 2.81. The van der Waals surface area contributed by atoms with Crippen LogP contribution < -0.4 is 10.2 Å². The van der Waals surface area contributed by atoms with Gasteiger partial charge in [0.1, 0.15) is 5.82 Å². The number of halogens is 1. The highest BCUT2D eigenvalue weighted by molar-refractivity contribution is 5.53. The molecule has 1 aromatic carbocycles. The average Bonchev–Trinajstić information content (AvgIpc) is 3.12. The van der Waals surface area contributed by atoms with Crippen molar-refractivity contribution < 1.29 is 4.39 Å². The van der Waals surface area contributed by atoms with Gasteiger partial charge in [0.2, 0.25) is 0 Å². The molecule has 1 N–H and O–H groups in total. The quantitative estimate of drug-likeness (QED) is 0.902. The van der Waals surface area contributed by atoms with Gasteiger partial charge in [-0.15, -0.1) is 0 Å². The molecule has 0 amide bonds. The molecule has 1 saturated heterocycles. The van der Waals surface area contributed by atoms with Gasteiger partial charge in [-0.2, -0.15) is 5.26 Å². The zero-order valence-electron chi connectivity index (χ0n) is 10.9. The van der Waals surface area contributed by atoms with Crippen LogP contribution in [0.2, 0.25) is 0 Å². The first-order valence-electron chi connectivity index (χ1n) is 6.97. The number of benzene rings is 1. The molecule has 3 rings (SSSR count). The van der Waals surface area contributed by atoms with Crippen molar-refractivity contribution >= 4 is 5.69 Å². The van der Waals surface area contributed by atoms with Crippen LogP contribution in [0.25, 0.3) is 0 Å². The second kappa shape index (κ2) is 5.18. The summed E-state index contributed by atoms with van der Waals surface area (Å²) in [5.74, 6) is -0.320. The molecular formula is C15H18FN3. The van der Waals surface area contributed by atoms with Crippen LogP contribution in [0.1, 0.15) is 31.2 Å². The summed E-state index contributed by atoms with van der Waals surface area (Å²) in [5.41, 5.74) is 1.26. The van der Waals surface area contributed by atoms with Crippen LogP contribution in [0.5, 0.6) is 0 Å². The first-order valence-corrected chi connectivity index (χ1v) is 6.97. The van der Waals surface area contributed by atoms with E-state index < -0.39 is 0 Å². The lowest BCUT2D eigenvalue weighted by Gasteiger charge is -2.28. The third-order valence-electron chi connectivity index (χ3n) is 3.91. The molecular weight excluding hydrogens is 241 g/mol. The van der Waals surface area contributed by atoms with Crippen molar-refractivity contribution in [2.75, 3.05) is 18.0 Å². The summed E-state index contributed by atoms with van der Waals surface area (Å²) in [5, 5.41) is 12.4. The monoisotopic (exact) mass is 259 g/mol. The maximum atomic E-state index is 13.6. The molecule has 1 aliphatic carbocycles. The van der Waals surface area contributed by atoms with E-state index in [4.69, 9.17) is 5.26 Å². The molecule has 0 spiro atoms. The molecule has 3 nitrogen and oxygen atoms in total. The second-order valence-corrected chi connectivity index (χ2v) is 5.49. The highest BCUT2D eigenvalue weighted by atomic mass is 19.1. The summed E-state index contributed by atoms with van der Waals surface area (Å²) < 4.78 is 13.6. The van der Waals surface area contributed by atoms with Crippen molar-refractivity contribution in [2.24, 2.45) is 0 Å². The van der Waals surface area contributed by atoms with Gasteiger partial charge in [0.15, 0.2) is 0 Å². The molecule has 1 saturated carbocycles. The van der Waals surface area contributed by atoms with Crippen molar-refractivity contribution in [3.8, 4) is 6.07 Å². The van der Waals surface area contributed by atoms with Gasteiger partial charge in [0.25, 0.3) is 0 Å². The largest absolute Gasteiger partial charge is 0.367 e. The van der Waals surface area contributed by atoms with E-state index in [-0.39, 0.29) is 5.82 Å². The first kappa shape index (κ1) is 12.4. The van der Waals surface area contributed by atoms with E-state index in [9.17, 15) is 4.39 Å². The molecule has 2 aliphatic rings. The predicted molar refractivity (Wildman–Crippen MR) is 72.5 cm³/mol. The number of nitriles is 1. The van der Waals surface area contributed by atoms with E-state index in [1.165, 1.54) is 31.7 Å². The number of hydrogen-bond acceptors (Lipinski definition) is 3. The average molecular weight is 259 g/mol. The molecule has 1 unspecified atom stereocenters. The normalized spacial score (nSPS) is 22.2. The van der Waals surface area contributed by atoms with Gasteiger partial charge in [-0.1, -0.05) is 0 Å². The van der Waals surface area contributed by atoms with Crippen LogP contribution in [-0.4, -0.2) is 25.2 Å². The maximum absolute atomic E-state index is 13.6. The molecule has 0 radical (unpaired) electrons. The van der Waals surface area contributed by atoms with E-state index in [2.05, 4.69) is 10.2 Å². The third kappa shape index (κ3) is 2.87. The Bertz CT molecular complexity index is 499. The van der Waals surface area contributed by atoms with E-state index in [0.29, 0.717) is 17.6 Å². The summed E-state index contributed by atoms with van der Waals surface area (Å²) in [7, 11) is 0. The lowest BCUT2D eigenvalue weighted by Crippen LogP contribution is -2.39. The van der Waals surface area contributed by atoms with Crippen molar-refractivity contribution in [1.29, 1.82) is 5.26 Å². The van der Waals surface area contributed by atoms with Gasteiger partial charge in [-0.25, -0.2) is 4.39 Å². The first-order chi connectivity index (χ1) is 9.26. The third-order valence-corrected chi connectivity index (χ3v) is 3.91. The van der Waals surface area contributed by atoms with Gasteiger partial charge < -0.3 is 10.2 Å². The molecule has 1 heterocycles. The topological polar surface area (TPSA) is 39.1 Å². The number of nitrogens with zero attached hydrogens (tertiary/aromatic N) is 2. The molecule has 1 aromatic rings. The molecule has 1 atom stereocenters. The predicted octanol–water partition coefficient (Wildman–Crippen LogP) is 2.42. The molecule has 0 bridgehead atoms. The van der Waals surface area contributed by atoms with Gasteiger partial charge in [0, 0.05) is 24.3 Å². The van der Waals surface area contributed by atoms with Crippen LogP contribution >= 0.6 is 0 Å². The van der Waals surface area contributed by atoms with Crippen LogP contribution in [-0.2, 0) is 0 Å². The Morgan fingerprint density at radius 1 is 1.32 bits per heavy atom. The minimum atomic E-state index is -0.320. The minimum absolute atomic E-state index is 0.320. The van der Waals surface area contributed by atoms with Gasteiger partial charge in [-0.3, -0.25) is 0 Å². The van der Waals surface area contributed by atoms with E-state index in [1.54, 1.807) is 12.1 Å².